The molecule has 0 spiro atoms. The van der Waals surface area contributed by atoms with E-state index >= 15 is 0 Å². The summed E-state index contributed by atoms with van der Waals surface area (Å²) >= 11 is 0. The highest BCUT2D eigenvalue weighted by molar-refractivity contribution is 6.11. The van der Waals surface area contributed by atoms with Gasteiger partial charge in [-0.15, -0.1) is 0 Å². The van der Waals surface area contributed by atoms with Crippen LogP contribution in [-0.4, -0.2) is 47.6 Å². The number of rotatable bonds is 5. The van der Waals surface area contributed by atoms with Gasteiger partial charge in [0.1, 0.15) is 18.2 Å². The Hall–Kier alpha value is -3.89. The van der Waals surface area contributed by atoms with Gasteiger partial charge in [0.05, 0.1) is 13.2 Å². The van der Waals surface area contributed by atoms with Crippen LogP contribution in [-0.2, 0) is 20.9 Å². The highest BCUT2D eigenvalue weighted by Gasteiger charge is 2.19. The third-order valence-electron chi connectivity index (χ3n) is 5.79. The van der Waals surface area contributed by atoms with Gasteiger partial charge in [0.15, 0.2) is 0 Å². The lowest BCUT2D eigenvalue weighted by atomic mass is 10.1. The number of nitriles is 1. The molecule has 3 aromatic rings. The van der Waals surface area contributed by atoms with Crippen LogP contribution >= 0.6 is 0 Å². The second-order valence-corrected chi connectivity index (χ2v) is 8.16. The monoisotopic (exact) mass is 442 g/mol. The van der Waals surface area contributed by atoms with Crippen molar-refractivity contribution in [2.24, 2.45) is 0 Å². The molecule has 0 atom stereocenters. The standard InChI is InChI=1S/C26H26N4O3/c1-18-7-8-19(2)23(13-18)28-26(32)20(15-27)14-21-16-30(24-6-4-3-5-22(21)24)17-25(31)29-9-11-33-12-10-29/h3-8,13-14,16H,9-12,17H2,1-2H3,(H,28,32)/b20-14+. The van der Waals surface area contributed by atoms with Gasteiger partial charge in [-0.25, -0.2) is 0 Å². The molecule has 2 heterocycles. The predicted molar refractivity (Wildman–Crippen MR) is 127 cm³/mol. The molecule has 0 unspecified atom stereocenters. The van der Waals surface area contributed by atoms with E-state index in [2.05, 4.69) is 5.32 Å². The van der Waals surface area contributed by atoms with E-state index in [-0.39, 0.29) is 18.0 Å². The molecule has 0 aliphatic carbocycles. The smallest absolute Gasteiger partial charge is 0.266 e. The number of aryl methyl sites for hydroxylation is 2. The number of nitrogens with one attached hydrogen (secondary N) is 1. The molecule has 1 aliphatic rings. The minimum atomic E-state index is -0.465. The van der Waals surface area contributed by atoms with E-state index < -0.39 is 5.91 Å². The second-order valence-electron chi connectivity index (χ2n) is 8.16. The fourth-order valence-electron chi connectivity index (χ4n) is 3.94. The van der Waals surface area contributed by atoms with E-state index in [1.54, 1.807) is 11.0 Å². The molecule has 168 valence electrons. The van der Waals surface area contributed by atoms with E-state index in [1.165, 1.54) is 0 Å². The van der Waals surface area contributed by atoms with Crippen molar-refractivity contribution in [3.8, 4) is 6.07 Å². The minimum Gasteiger partial charge on any atom is -0.378 e. The predicted octanol–water partition coefficient (Wildman–Crippen LogP) is 3.66. The minimum absolute atomic E-state index is 0.00156. The number of amides is 2. The quantitative estimate of drug-likeness (QED) is 0.483. The number of hydrogen-bond donors (Lipinski definition) is 1. The number of anilines is 1. The van der Waals surface area contributed by atoms with Crippen molar-refractivity contribution >= 4 is 34.5 Å². The average molecular weight is 443 g/mol. The third-order valence-corrected chi connectivity index (χ3v) is 5.79. The van der Waals surface area contributed by atoms with Gasteiger partial charge in [0.2, 0.25) is 5.91 Å². The SMILES string of the molecule is Cc1ccc(C)c(NC(=O)/C(C#N)=C/c2cn(CC(=O)N3CCOCC3)c3ccccc23)c1. The molecule has 0 radical (unpaired) electrons. The van der Waals surface area contributed by atoms with Crippen molar-refractivity contribution in [1.29, 1.82) is 5.26 Å². The Bertz CT molecular complexity index is 1280. The Kier molecular flexibility index (Phi) is 6.57. The molecule has 33 heavy (non-hydrogen) atoms. The topological polar surface area (TPSA) is 87.4 Å². The first-order valence-electron chi connectivity index (χ1n) is 10.9. The number of ether oxygens (including phenoxy) is 1. The van der Waals surface area contributed by atoms with Gasteiger partial charge in [-0.3, -0.25) is 9.59 Å². The van der Waals surface area contributed by atoms with Gasteiger partial charge in [0.25, 0.3) is 5.91 Å². The van der Waals surface area contributed by atoms with Crippen molar-refractivity contribution < 1.29 is 14.3 Å². The van der Waals surface area contributed by atoms with E-state index in [9.17, 15) is 14.9 Å². The van der Waals surface area contributed by atoms with Gasteiger partial charge in [-0.1, -0.05) is 30.3 Å². The number of carbonyl (C=O) groups excluding carboxylic acids is 2. The summed E-state index contributed by atoms with van der Waals surface area (Å²) in [7, 11) is 0. The average Bonchev–Trinajstić information content (AvgIpc) is 3.17. The number of hydrogen-bond acceptors (Lipinski definition) is 4. The molecular formula is C26H26N4O3. The fourth-order valence-corrected chi connectivity index (χ4v) is 3.94. The fraction of sp³-hybridized carbons (Fsp3) is 0.269. The van der Waals surface area contributed by atoms with Crippen LogP contribution in [0.1, 0.15) is 16.7 Å². The Morgan fingerprint density at radius 2 is 1.91 bits per heavy atom. The van der Waals surface area contributed by atoms with Gasteiger partial charge >= 0.3 is 0 Å². The largest absolute Gasteiger partial charge is 0.378 e. The van der Waals surface area contributed by atoms with Gasteiger partial charge in [0, 0.05) is 41.4 Å². The van der Waals surface area contributed by atoms with Crippen LogP contribution in [0.15, 0.2) is 54.2 Å². The first-order chi connectivity index (χ1) is 16.0. The number of morpholine rings is 1. The first-order valence-corrected chi connectivity index (χ1v) is 10.9. The summed E-state index contributed by atoms with van der Waals surface area (Å²) in [4.78, 5) is 27.4. The van der Waals surface area contributed by atoms with E-state index in [4.69, 9.17) is 4.74 Å². The van der Waals surface area contributed by atoms with Crippen molar-refractivity contribution in [3.63, 3.8) is 0 Å². The van der Waals surface area contributed by atoms with Gasteiger partial charge < -0.3 is 19.5 Å². The third kappa shape index (κ3) is 4.97. The summed E-state index contributed by atoms with van der Waals surface area (Å²) in [6.45, 7) is 6.31. The number of aromatic nitrogens is 1. The van der Waals surface area contributed by atoms with Crippen LogP contribution in [0.25, 0.3) is 17.0 Å². The molecule has 1 aromatic heterocycles. The number of benzene rings is 2. The van der Waals surface area contributed by atoms with Crippen molar-refractivity contribution in [3.05, 3.63) is 70.9 Å². The first kappa shape index (κ1) is 22.3. The molecule has 2 aromatic carbocycles. The molecule has 0 bridgehead atoms. The lowest BCUT2D eigenvalue weighted by Gasteiger charge is -2.27. The summed E-state index contributed by atoms with van der Waals surface area (Å²) in [5, 5.41) is 13.4. The molecule has 1 N–H and O–H groups in total. The Morgan fingerprint density at radius 3 is 2.67 bits per heavy atom. The van der Waals surface area contributed by atoms with Crippen molar-refractivity contribution in [2.45, 2.75) is 20.4 Å². The van der Waals surface area contributed by atoms with Crippen molar-refractivity contribution in [1.82, 2.24) is 9.47 Å². The molecule has 7 nitrogen and oxygen atoms in total. The Balaban J connectivity index is 1.62. The zero-order valence-corrected chi connectivity index (χ0v) is 18.8. The molecule has 4 rings (SSSR count). The number of fused-ring (bicyclic) bond motifs is 1. The maximum Gasteiger partial charge on any atom is 0.266 e. The van der Waals surface area contributed by atoms with Crippen LogP contribution in [0.2, 0.25) is 0 Å². The zero-order chi connectivity index (χ0) is 23.4. The highest BCUT2D eigenvalue weighted by Crippen LogP contribution is 2.25. The maximum atomic E-state index is 12.9. The van der Waals surface area contributed by atoms with Crippen LogP contribution in [0.5, 0.6) is 0 Å². The molecule has 1 saturated heterocycles. The number of carbonyl (C=O) groups is 2. The summed E-state index contributed by atoms with van der Waals surface area (Å²) < 4.78 is 7.20. The van der Waals surface area contributed by atoms with Crippen LogP contribution < -0.4 is 5.32 Å². The molecule has 0 saturated carbocycles. The second kappa shape index (κ2) is 9.72. The normalized spacial score (nSPS) is 14.2. The Morgan fingerprint density at radius 1 is 1.15 bits per heavy atom. The summed E-state index contributed by atoms with van der Waals surface area (Å²) in [6, 6.07) is 15.5. The van der Waals surface area contributed by atoms with Crippen LogP contribution in [0.3, 0.4) is 0 Å². The van der Waals surface area contributed by atoms with Gasteiger partial charge in [-0.05, 0) is 43.2 Å². The Labute approximate surface area is 192 Å². The number of nitrogens with zero attached hydrogens (tertiary/aromatic N) is 3. The summed E-state index contributed by atoms with van der Waals surface area (Å²) in [6.07, 6.45) is 3.41. The maximum absolute atomic E-state index is 12.9. The van der Waals surface area contributed by atoms with E-state index in [1.807, 2.05) is 73.1 Å². The molecule has 1 fully saturated rings. The molecule has 2 amide bonds. The number of para-hydroxylation sites is 1. The zero-order valence-electron chi connectivity index (χ0n) is 18.8. The lowest BCUT2D eigenvalue weighted by Crippen LogP contribution is -2.42. The molecule has 1 aliphatic heterocycles. The molecular weight excluding hydrogens is 416 g/mol. The lowest BCUT2D eigenvalue weighted by molar-refractivity contribution is -0.135. The van der Waals surface area contributed by atoms with Crippen molar-refractivity contribution in [2.75, 3.05) is 31.6 Å². The molecule has 7 heteroatoms. The summed E-state index contributed by atoms with van der Waals surface area (Å²) in [5.74, 6) is -0.449. The van der Waals surface area contributed by atoms with E-state index in [0.717, 1.165) is 22.0 Å². The van der Waals surface area contributed by atoms with Crippen LogP contribution in [0, 0.1) is 25.2 Å². The highest BCUT2D eigenvalue weighted by atomic mass is 16.5. The summed E-state index contributed by atoms with van der Waals surface area (Å²) in [5.41, 5.74) is 4.21. The van der Waals surface area contributed by atoms with Gasteiger partial charge in [-0.2, -0.15) is 5.26 Å². The van der Waals surface area contributed by atoms with Crippen LogP contribution in [0.4, 0.5) is 5.69 Å². The van der Waals surface area contributed by atoms with E-state index in [0.29, 0.717) is 37.6 Å².